The van der Waals surface area contributed by atoms with E-state index in [2.05, 4.69) is 15.9 Å². The molecule has 3 nitrogen and oxygen atoms in total. The summed E-state index contributed by atoms with van der Waals surface area (Å²) in [5.41, 5.74) is 7.47. The normalized spacial score (nSPS) is 10.6. The molecule has 1 heterocycles. The molecule has 106 valence electrons. The maximum absolute atomic E-state index is 12.4. The van der Waals surface area contributed by atoms with Gasteiger partial charge in [-0.2, -0.15) is 0 Å². The minimum atomic E-state index is -0.216. The first-order valence-corrected chi connectivity index (χ1v) is 8.04. The molecule has 1 aromatic carbocycles. The summed E-state index contributed by atoms with van der Waals surface area (Å²) < 4.78 is 1.03. The van der Waals surface area contributed by atoms with Crippen molar-refractivity contribution in [3.63, 3.8) is 0 Å². The van der Waals surface area contributed by atoms with Crippen molar-refractivity contribution in [3.8, 4) is 0 Å². The van der Waals surface area contributed by atoms with Crippen molar-refractivity contribution in [1.82, 2.24) is 4.90 Å². The lowest BCUT2D eigenvalue weighted by atomic mass is 10.1. The summed E-state index contributed by atoms with van der Waals surface area (Å²) in [7, 11) is 1.71. The molecule has 0 aliphatic heterocycles. The van der Waals surface area contributed by atoms with Gasteiger partial charge in [-0.15, -0.1) is 11.3 Å². The van der Waals surface area contributed by atoms with Gasteiger partial charge in [0.2, 0.25) is 0 Å². The molecule has 0 radical (unpaired) electrons. The Hall–Kier alpha value is -0.750. The number of nitrogens with zero attached hydrogens (tertiary/aromatic N) is 1. The van der Waals surface area contributed by atoms with Crippen molar-refractivity contribution in [3.05, 3.63) is 48.5 Å². The fraction of sp³-hybridized carbons (Fsp3) is 0.154. The number of thiophene rings is 1. The lowest BCUT2D eigenvalue weighted by molar-refractivity contribution is 0.0785. The first-order valence-electron chi connectivity index (χ1n) is 5.61. The summed E-state index contributed by atoms with van der Waals surface area (Å²) in [6.45, 7) is 0.490. The maximum atomic E-state index is 12.4. The van der Waals surface area contributed by atoms with Gasteiger partial charge in [0.15, 0.2) is 0 Å². The first-order chi connectivity index (χ1) is 9.38. The van der Waals surface area contributed by atoms with Crippen molar-refractivity contribution in [2.45, 2.75) is 6.54 Å². The minimum absolute atomic E-state index is 0.216. The molecule has 0 aliphatic rings. The molecule has 0 saturated heterocycles. The zero-order valence-electron chi connectivity index (χ0n) is 10.5. The minimum Gasteiger partial charge on any atom is -0.399 e. The van der Waals surface area contributed by atoms with E-state index in [0.717, 1.165) is 9.35 Å². The lowest BCUT2D eigenvalue weighted by Crippen LogP contribution is -2.26. The van der Waals surface area contributed by atoms with Crippen LogP contribution in [0.4, 0.5) is 5.69 Å². The van der Waals surface area contributed by atoms with Crippen LogP contribution in [0.25, 0.3) is 0 Å². The van der Waals surface area contributed by atoms with Crippen molar-refractivity contribution in [2.24, 2.45) is 0 Å². The Morgan fingerprint density at radius 2 is 2.10 bits per heavy atom. The SMILES string of the molecule is CN(Cc1csc(Br)c1)C(=O)c1cc(N)cc(Cl)c1Cl. The molecule has 0 unspecified atom stereocenters. The highest BCUT2D eigenvalue weighted by molar-refractivity contribution is 9.11. The van der Waals surface area contributed by atoms with Gasteiger partial charge in [-0.1, -0.05) is 23.2 Å². The van der Waals surface area contributed by atoms with E-state index in [9.17, 15) is 4.79 Å². The smallest absolute Gasteiger partial charge is 0.255 e. The third kappa shape index (κ3) is 3.47. The highest BCUT2D eigenvalue weighted by atomic mass is 79.9. The summed E-state index contributed by atoms with van der Waals surface area (Å²) in [6, 6.07) is 5.04. The van der Waals surface area contributed by atoms with Crippen LogP contribution in [0, 0.1) is 0 Å². The van der Waals surface area contributed by atoms with Gasteiger partial charge in [0.25, 0.3) is 5.91 Å². The number of rotatable bonds is 3. The van der Waals surface area contributed by atoms with Crippen LogP contribution in [0.5, 0.6) is 0 Å². The summed E-state index contributed by atoms with van der Waals surface area (Å²) in [4.78, 5) is 14.0. The molecule has 1 amide bonds. The second-order valence-corrected chi connectivity index (χ2v) is 7.36. The van der Waals surface area contributed by atoms with Gasteiger partial charge in [0.1, 0.15) is 0 Å². The summed E-state index contributed by atoms with van der Waals surface area (Å²) in [6.07, 6.45) is 0. The third-order valence-corrected chi connectivity index (χ3v) is 5.02. The van der Waals surface area contributed by atoms with Gasteiger partial charge in [-0.05, 0) is 45.1 Å². The molecular formula is C13H11BrCl2N2OS. The van der Waals surface area contributed by atoms with Crippen LogP contribution in [0.3, 0.4) is 0 Å². The number of carbonyl (C=O) groups excluding carboxylic acids is 1. The molecule has 0 atom stereocenters. The largest absolute Gasteiger partial charge is 0.399 e. The van der Waals surface area contributed by atoms with E-state index >= 15 is 0 Å². The molecule has 20 heavy (non-hydrogen) atoms. The van der Waals surface area contributed by atoms with Crippen molar-refractivity contribution < 1.29 is 4.79 Å². The number of anilines is 1. The maximum Gasteiger partial charge on any atom is 0.255 e. The van der Waals surface area contributed by atoms with Gasteiger partial charge in [-0.3, -0.25) is 4.79 Å². The molecule has 0 bridgehead atoms. The number of benzene rings is 1. The quantitative estimate of drug-likeness (QED) is 0.770. The lowest BCUT2D eigenvalue weighted by Gasteiger charge is -2.18. The number of amides is 1. The summed E-state index contributed by atoms with van der Waals surface area (Å²) >= 11 is 17.0. The molecule has 2 rings (SSSR count). The van der Waals surface area contributed by atoms with E-state index in [0.29, 0.717) is 17.8 Å². The second kappa shape index (κ2) is 6.35. The fourth-order valence-electron chi connectivity index (χ4n) is 1.75. The van der Waals surface area contributed by atoms with Gasteiger partial charge in [0, 0.05) is 19.3 Å². The van der Waals surface area contributed by atoms with E-state index in [1.54, 1.807) is 23.3 Å². The number of nitrogen functional groups attached to an aromatic ring is 1. The molecule has 0 fully saturated rings. The van der Waals surface area contributed by atoms with Crippen LogP contribution in [-0.2, 0) is 6.54 Å². The number of hydrogen-bond acceptors (Lipinski definition) is 3. The highest BCUT2D eigenvalue weighted by Crippen LogP contribution is 2.30. The molecule has 0 spiro atoms. The monoisotopic (exact) mass is 392 g/mol. The van der Waals surface area contributed by atoms with Gasteiger partial charge in [-0.25, -0.2) is 0 Å². The fourth-order valence-corrected chi connectivity index (χ4v) is 3.36. The summed E-state index contributed by atoms with van der Waals surface area (Å²) in [5, 5.41) is 2.49. The zero-order chi connectivity index (χ0) is 14.9. The van der Waals surface area contributed by atoms with Crippen molar-refractivity contribution in [2.75, 3.05) is 12.8 Å². The second-order valence-electron chi connectivity index (χ2n) is 4.28. The Morgan fingerprint density at radius 1 is 1.40 bits per heavy atom. The molecule has 7 heteroatoms. The topological polar surface area (TPSA) is 46.3 Å². The van der Waals surface area contributed by atoms with Crippen LogP contribution in [-0.4, -0.2) is 17.9 Å². The van der Waals surface area contributed by atoms with Crippen LogP contribution >= 0.6 is 50.5 Å². The van der Waals surface area contributed by atoms with Gasteiger partial charge in [0.05, 0.1) is 19.4 Å². The Kier molecular flexibility index (Phi) is 4.96. The van der Waals surface area contributed by atoms with Crippen LogP contribution in [0.2, 0.25) is 10.0 Å². The zero-order valence-corrected chi connectivity index (χ0v) is 14.4. The van der Waals surface area contributed by atoms with Gasteiger partial charge < -0.3 is 10.6 Å². The van der Waals surface area contributed by atoms with Crippen LogP contribution in [0.1, 0.15) is 15.9 Å². The Bertz CT molecular complexity index is 660. The Labute approximate surface area is 139 Å². The van der Waals surface area contributed by atoms with Gasteiger partial charge >= 0.3 is 0 Å². The molecule has 1 aromatic heterocycles. The van der Waals surface area contributed by atoms with Crippen molar-refractivity contribution in [1.29, 1.82) is 0 Å². The average molecular weight is 394 g/mol. The van der Waals surface area contributed by atoms with Crippen LogP contribution in [0.15, 0.2) is 27.4 Å². The van der Waals surface area contributed by atoms with E-state index in [4.69, 9.17) is 28.9 Å². The molecular weight excluding hydrogens is 383 g/mol. The number of hydrogen-bond donors (Lipinski definition) is 1. The Balaban J connectivity index is 2.22. The molecule has 2 aromatic rings. The molecule has 2 N–H and O–H groups in total. The van der Waals surface area contributed by atoms with E-state index in [-0.39, 0.29) is 16.0 Å². The Morgan fingerprint density at radius 3 is 2.70 bits per heavy atom. The van der Waals surface area contributed by atoms with Crippen molar-refractivity contribution >= 4 is 62.1 Å². The standard InChI is InChI=1S/C13H11BrCl2N2OS/c1-18(5-7-2-11(14)20-6-7)13(19)9-3-8(17)4-10(15)12(9)16/h2-4,6H,5,17H2,1H3. The predicted octanol–water partition coefficient (Wildman–Crippen LogP) is 4.67. The first kappa shape index (κ1) is 15.6. The molecule has 0 saturated carbocycles. The van der Waals surface area contributed by atoms with E-state index in [1.807, 2.05) is 11.4 Å². The number of carbonyl (C=O) groups is 1. The molecule has 0 aliphatic carbocycles. The third-order valence-electron chi connectivity index (χ3n) is 2.67. The highest BCUT2D eigenvalue weighted by Gasteiger charge is 2.18. The predicted molar refractivity (Wildman–Crippen MR) is 88.7 cm³/mol. The van der Waals surface area contributed by atoms with E-state index in [1.165, 1.54) is 12.1 Å². The number of halogens is 3. The number of nitrogens with two attached hydrogens (primary N) is 1. The average Bonchev–Trinajstić information content (AvgIpc) is 2.78. The summed E-state index contributed by atoms with van der Waals surface area (Å²) in [5.74, 6) is -0.216. The van der Waals surface area contributed by atoms with E-state index < -0.39 is 0 Å². The van der Waals surface area contributed by atoms with Crippen LogP contribution < -0.4 is 5.73 Å².